The zero-order valence-corrected chi connectivity index (χ0v) is 19.0. The molecule has 0 saturated heterocycles. The lowest BCUT2D eigenvalue weighted by atomic mass is 10.2. The molecular weight excluding hydrogens is 522 g/mol. The van der Waals surface area contributed by atoms with E-state index in [1.807, 2.05) is 30.3 Å². The van der Waals surface area contributed by atoms with E-state index in [0.717, 1.165) is 9.13 Å². The third-order valence-electron chi connectivity index (χ3n) is 4.11. The Morgan fingerprint density at radius 1 is 1.10 bits per heavy atom. The summed E-state index contributed by atoms with van der Waals surface area (Å²) in [7, 11) is 1.54. The van der Waals surface area contributed by atoms with Gasteiger partial charge in [-0.2, -0.15) is 0 Å². The number of hydrogen-bond donors (Lipinski definition) is 2. The molecule has 3 aromatic carbocycles. The largest absolute Gasteiger partial charge is 0.493 e. The van der Waals surface area contributed by atoms with Crippen molar-refractivity contribution in [2.75, 3.05) is 24.4 Å². The van der Waals surface area contributed by atoms with E-state index in [9.17, 15) is 9.18 Å². The number of anilines is 2. The first kappa shape index (κ1) is 22.2. The van der Waals surface area contributed by atoms with Crippen LogP contribution in [0.1, 0.15) is 5.56 Å². The van der Waals surface area contributed by atoms with Crippen molar-refractivity contribution in [1.29, 1.82) is 0 Å². The van der Waals surface area contributed by atoms with Crippen molar-refractivity contribution in [2.24, 2.45) is 0 Å². The Kier molecular flexibility index (Phi) is 7.75. The highest BCUT2D eigenvalue weighted by Gasteiger charge is 2.14. The Bertz CT molecular complexity index is 1030. The van der Waals surface area contributed by atoms with Crippen molar-refractivity contribution in [3.63, 3.8) is 0 Å². The van der Waals surface area contributed by atoms with Crippen LogP contribution in [0.2, 0.25) is 5.02 Å². The fraction of sp³-hybridized carbons (Fsp3) is 0.136. The molecule has 0 aliphatic heterocycles. The number of halogens is 3. The van der Waals surface area contributed by atoms with Crippen LogP contribution >= 0.6 is 34.2 Å². The Balaban J connectivity index is 1.64. The van der Waals surface area contributed by atoms with E-state index in [-0.39, 0.29) is 17.5 Å². The van der Waals surface area contributed by atoms with Crippen molar-refractivity contribution in [3.05, 3.63) is 80.6 Å². The molecular formula is C22H19ClFIN2O3. The van der Waals surface area contributed by atoms with E-state index in [1.165, 1.54) is 12.1 Å². The highest BCUT2D eigenvalue weighted by Crippen LogP contribution is 2.34. The summed E-state index contributed by atoms with van der Waals surface area (Å²) >= 11 is 7.95. The fourth-order valence-electron chi connectivity index (χ4n) is 2.68. The number of methoxy groups -OCH3 is 1. The van der Waals surface area contributed by atoms with Crippen molar-refractivity contribution in [3.8, 4) is 11.5 Å². The Morgan fingerprint density at radius 3 is 2.57 bits per heavy atom. The zero-order chi connectivity index (χ0) is 21.5. The molecule has 0 aliphatic rings. The molecule has 0 heterocycles. The minimum absolute atomic E-state index is 0.0599. The predicted molar refractivity (Wildman–Crippen MR) is 125 cm³/mol. The SMILES string of the molecule is COc1cc(CNc2ccc(F)c(Cl)c2)cc(I)c1OCC(=O)Nc1ccccc1. The summed E-state index contributed by atoms with van der Waals surface area (Å²) in [4.78, 5) is 12.1. The molecule has 0 saturated carbocycles. The number of carbonyl (C=O) groups excluding carboxylic acids is 1. The summed E-state index contributed by atoms with van der Waals surface area (Å²) in [6, 6.07) is 17.4. The lowest BCUT2D eigenvalue weighted by molar-refractivity contribution is -0.118. The Hall–Kier alpha value is -2.52. The summed E-state index contributed by atoms with van der Waals surface area (Å²) in [5, 5.41) is 6.02. The first-order valence-electron chi connectivity index (χ1n) is 8.99. The molecule has 30 heavy (non-hydrogen) atoms. The van der Waals surface area contributed by atoms with Crippen LogP contribution < -0.4 is 20.1 Å². The maximum Gasteiger partial charge on any atom is 0.262 e. The molecule has 0 fully saturated rings. The van der Waals surface area contributed by atoms with Crippen LogP contribution in [-0.4, -0.2) is 19.6 Å². The summed E-state index contributed by atoms with van der Waals surface area (Å²) < 4.78 is 25.2. The van der Waals surface area contributed by atoms with Crippen LogP contribution in [-0.2, 0) is 11.3 Å². The van der Waals surface area contributed by atoms with Gasteiger partial charge in [0.2, 0.25) is 0 Å². The van der Waals surface area contributed by atoms with Crippen LogP contribution in [0.3, 0.4) is 0 Å². The number of benzene rings is 3. The summed E-state index contributed by atoms with van der Waals surface area (Å²) in [6.07, 6.45) is 0. The predicted octanol–water partition coefficient (Wildman–Crippen LogP) is 5.72. The first-order chi connectivity index (χ1) is 14.5. The molecule has 156 valence electrons. The molecule has 0 aliphatic carbocycles. The third kappa shape index (κ3) is 5.99. The monoisotopic (exact) mass is 540 g/mol. The van der Waals surface area contributed by atoms with E-state index >= 15 is 0 Å². The molecule has 0 aromatic heterocycles. The Labute approximate surface area is 192 Å². The van der Waals surface area contributed by atoms with Gasteiger partial charge in [0, 0.05) is 17.9 Å². The third-order valence-corrected chi connectivity index (χ3v) is 5.20. The molecule has 1 amide bonds. The topological polar surface area (TPSA) is 59.6 Å². The number of hydrogen-bond acceptors (Lipinski definition) is 4. The van der Waals surface area contributed by atoms with Gasteiger partial charge in [-0.1, -0.05) is 29.8 Å². The molecule has 0 radical (unpaired) electrons. The minimum atomic E-state index is -0.462. The number of ether oxygens (including phenoxy) is 2. The number of carbonyl (C=O) groups is 1. The second-order valence-electron chi connectivity index (χ2n) is 6.29. The van der Waals surface area contributed by atoms with Gasteiger partial charge in [0.1, 0.15) is 5.82 Å². The lowest BCUT2D eigenvalue weighted by Crippen LogP contribution is -2.20. The molecule has 2 N–H and O–H groups in total. The molecule has 0 bridgehead atoms. The van der Waals surface area contributed by atoms with Crippen molar-refractivity contribution in [1.82, 2.24) is 0 Å². The maximum atomic E-state index is 13.3. The molecule has 3 rings (SSSR count). The van der Waals surface area contributed by atoms with Gasteiger partial charge >= 0.3 is 0 Å². The molecule has 0 spiro atoms. The summed E-state index contributed by atoms with van der Waals surface area (Å²) in [5.74, 6) is 0.285. The molecule has 0 atom stereocenters. The van der Waals surface area contributed by atoms with Gasteiger partial charge in [-0.3, -0.25) is 4.79 Å². The van der Waals surface area contributed by atoms with Gasteiger partial charge in [0.05, 0.1) is 15.7 Å². The minimum Gasteiger partial charge on any atom is -0.493 e. The molecule has 0 unspecified atom stereocenters. The second-order valence-corrected chi connectivity index (χ2v) is 7.86. The van der Waals surface area contributed by atoms with Crippen LogP contribution in [0.5, 0.6) is 11.5 Å². The molecule has 8 heteroatoms. The van der Waals surface area contributed by atoms with E-state index in [1.54, 1.807) is 25.3 Å². The average Bonchev–Trinajstić information content (AvgIpc) is 2.74. The summed E-state index contributed by atoms with van der Waals surface area (Å²) in [6.45, 7) is 0.329. The zero-order valence-electron chi connectivity index (χ0n) is 16.0. The smallest absolute Gasteiger partial charge is 0.262 e. The molecule has 5 nitrogen and oxygen atoms in total. The number of rotatable bonds is 8. The van der Waals surface area contributed by atoms with Gasteiger partial charge in [-0.15, -0.1) is 0 Å². The van der Waals surface area contributed by atoms with Crippen LogP contribution in [0.25, 0.3) is 0 Å². The van der Waals surface area contributed by atoms with Gasteiger partial charge in [0.15, 0.2) is 18.1 Å². The normalized spacial score (nSPS) is 10.4. The maximum absolute atomic E-state index is 13.3. The van der Waals surface area contributed by atoms with Crippen molar-refractivity contribution >= 4 is 51.5 Å². The van der Waals surface area contributed by atoms with Gasteiger partial charge in [-0.25, -0.2) is 4.39 Å². The molecule has 3 aromatic rings. The van der Waals surface area contributed by atoms with Crippen LogP contribution in [0.4, 0.5) is 15.8 Å². The number of nitrogens with one attached hydrogen (secondary N) is 2. The quantitative estimate of drug-likeness (QED) is 0.359. The number of para-hydroxylation sites is 1. The van der Waals surface area contributed by atoms with Gasteiger partial charge in [0.25, 0.3) is 5.91 Å². The van der Waals surface area contributed by atoms with E-state index in [4.69, 9.17) is 21.1 Å². The lowest BCUT2D eigenvalue weighted by Gasteiger charge is -2.15. The second kappa shape index (κ2) is 10.5. The number of amides is 1. The summed E-state index contributed by atoms with van der Waals surface area (Å²) in [5.41, 5.74) is 2.33. The Morgan fingerprint density at radius 2 is 1.87 bits per heavy atom. The van der Waals surface area contributed by atoms with E-state index in [2.05, 4.69) is 33.2 Å². The average molecular weight is 541 g/mol. The van der Waals surface area contributed by atoms with Crippen molar-refractivity contribution in [2.45, 2.75) is 6.54 Å². The van der Waals surface area contributed by atoms with Crippen LogP contribution in [0.15, 0.2) is 60.7 Å². The van der Waals surface area contributed by atoms with Gasteiger partial charge < -0.3 is 20.1 Å². The standard InChI is InChI=1S/C22H19ClFIN2O3/c1-29-20-10-14(12-26-16-7-8-18(24)17(23)11-16)9-19(25)22(20)30-13-21(28)27-15-5-3-2-4-6-15/h2-11,26H,12-13H2,1H3,(H,27,28). The van der Waals surface area contributed by atoms with E-state index < -0.39 is 5.82 Å². The van der Waals surface area contributed by atoms with E-state index in [0.29, 0.717) is 29.4 Å². The first-order valence-corrected chi connectivity index (χ1v) is 10.4. The highest BCUT2D eigenvalue weighted by molar-refractivity contribution is 14.1. The van der Waals surface area contributed by atoms with Gasteiger partial charge in [-0.05, 0) is 70.6 Å². The van der Waals surface area contributed by atoms with Crippen LogP contribution in [0, 0.1) is 9.39 Å². The highest BCUT2D eigenvalue weighted by atomic mass is 127. The fourth-order valence-corrected chi connectivity index (χ4v) is 3.68. The van der Waals surface area contributed by atoms with Crippen molar-refractivity contribution < 1.29 is 18.7 Å².